The summed E-state index contributed by atoms with van der Waals surface area (Å²) < 4.78 is 0. The molecule has 0 aromatic heterocycles. The zero-order valence-corrected chi connectivity index (χ0v) is 13.8. The summed E-state index contributed by atoms with van der Waals surface area (Å²) in [6, 6.07) is 6.64. The molecule has 0 saturated carbocycles. The Labute approximate surface area is 123 Å². The van der Waals surface area contributed by atoms with Gasteiger partial charge in [-0.25, -0.2) is 0 Å². The Kier molecular flexibility index (Phi) is 5.69. The molecule has 0 radical (unpaired) electrons. The third kappa shape index (κ3) is 5.04. The lowest BCUT2D eigenvalue weighted by Gasteiger charge is -2.31. The normalized spacial score (nSPS) is 12.0. The van der Waals surface area contributed by atoms with Gasteiger partial charge in [0.2, 0.25) is 0 Å². The van der Waals surface area contributed by atoms with Gasteiger partial charge < -0.3 is 10.2 Å². The second-order valence-corrected chi connectivity index (χ2v) is 6.69. The lowest BCUT2D eigenvalue weighted by Crippen LogP contribution is -2.36. The van der Waals surface area contributed by atoms with Crippen molar-refractivity contribution >= 4 is 17.3 Å². The van der Waals surface area contributed by atoms with Crippen LogP contribution in [0.1, 0.15) is 47.1 Å². The average Bonchev–Trinajstić information content (AvgIpc) is 2.27. The van der Waals surface area contributed by atoms with Crippen molar-refractivity contribution in [3.63, 3.8) is 0 Å². The van der Waals surface area contributed by atoms with Crippen LogP contribution in [0.25, 0.3) is 0 Å². The van der Waals surface area contributed by atoms with E-state index in [4.69, 9.17) is 11.6 Å². The van der Waals surface area contributed by atoms with Gasteiger partial charge in [0.1, 0.15) is 0 Å². The fraction of sp³-hybridized carbons (Fsp3) is 0.625. The minimum absolute atomic E-state index is 0.117. The molecule has 0 aliphatic heterocycles. The molecule has 2 nitrogen and oxygen atoms in total. The maximum Gasteiger partial charge on any atom is 0.0429 e. The highest BCUT2D eigenvalue weighted by molar-refractivity contribution is 6.30. The molecule has 0 spiro atoms. The first-order valence-electron chi connectivity index (χ1n) is 7.04. The predicted molar refractivity (Wildman–Crippen MR) is 86.2 cm³/mol. The maximum absolute atomic E-state index is 6.17. The molecule has 0 fully saturated rings. The predicted octanol–water partition coefficient (Wildman–Crippen LogP) is 4.46. The first-order valence-corrected chi connectivity index (χ1v) is 7.42. The quantitative estimate of drug-likeness (QED) is 0.858. The summed E-state index contributed by atoms with van der Waals surface area (Å²) in [6.07, 6.45) is 0. The molecular formula is C16H27ClN2. The Hall–Kier alpha value is -0.730. The van der Waals surface area contributed by atoms with Gasteiger partial charge in [0, 0.05) is 35.4 Å². The first kappa shape index (κ1) is 16.3. The average molecular weight is 283 g/mol. The lowest BCUT2D eigenvalue weighted by molar-refractivity contribution is 0.424. The van der Waals surface area contributed by atoms with Crippen molar-refractivity contribution < 1.29 is 0 Å². The number of nitrogens with zero attached hydrogens (tertiary/aromatic N) is 1. The molecule has 108 valence electrons. The van der Waals surface area contributed by atoms with Gasteiger partial charge in [0.15, 0.2) is 0 Å². The molecule has 0 amide bonds. The summed E-state index contributed by atoms with van der Waals surface area (Å²) in [6.45, 7) is 15.0. The molecule has 1 aromatic carbocycles. The highest BCUT2D eigenvalue weighted by Crippen LogP contribution is 2.27. The highest BCUT2D eigenvalue weighted by Gasteiger charge is 2.15. The van der Waals surface area contributed by atoms with E-state index in [9.17, 15) is 0 Å². The highest BCUT2D eigenvalue weighted by atomic mass is 35.5. The van der Waals surface area contributed by atoms with Crippen LogP contribution < -0.4 is 10.2 Å². The molecule has 0 aliphatic rings. The van der Waals surface area contributed by atoms with Gasteiger partial charge in [-0.3, -0.25) is 0 Å². The molecule has 1 aromatic rings. The van der Waals surface area contributed by atoms with Crippen LogP contribution in [0.3, 0.4) is 0 Å². The molecule has 0 unspecified atom stereocenters. The van der Waals surface area contributed by atoms with Gasteiger partial charge in [-0.1, -0.05) is 17.7 Å². The van der Waals surface area contributed by atoms with Gasteiger partial charge in [-0.15, -0.1) is 0 Å². The standard InChI is InChI=1S/C16H27ClN2/c1-7-19(12(2)3)15-10-14(17)9-8-13(15)11-18-16(4,5)6/h8-10,12,18H,7,11H2,1-6H3. The summed E-state index contributed by atoms with van der Waals surface area (Å²) in [5.41, 5.74) is 2.66. The Morgan fingerprint density at radius 2 is 1.89 bits per heavy atom. The zero-order chi connectivity index (χ0) is 14.6. The molecule has 3 heteroatoms. The molecule has 0 atom stereocenters. The van der Waals surface area contributed by atoms with Crippen molar-refractivity contribution in [3.8, 4) is 0 Å². The molecule has 1 N–H and O–H groups in total. The summed E-state index contributed by atoms with van der Waals surface area (Å²) in [5.74, 6) is 0. The fourth-order valence-electron chi connectivity index (χ4n) is 2.13. The van der Waals surface area contributed by atoms with E-state index in [1.165, 1.54) is 11.3 Å². The molecule has 1 rings (SSSR count). The molecule has 0 aliphatic carbocycles. The minimum atomic E-state index is 0.117. The van der Waals surface area contributed by atoms with Crippen molar-refractivity contribution in [2.75, 3.05) is 11.4 Å². The van der Waals surface area contributed by atoms with Crippen molar-refractivity contribution in [2.45, 2.75) is 59.7 Å². The van der Waals surface area contributed by atoms with Gasteiger partial charge in [0.25, 0.3) is 0 Å². The van der Waals surface area contributed by atoms with Crippen molar-refractivity contribution in [1.82, 2.24) is 5.32 Å². The Bertz CT molecular complexity index is 408. The van der Waals surface area contributed by atoms with Gasteiger partial charge in [-0.05, 0) is 59.2 Å². The number of hydrogen-bond acceptors (Lipinski definition) is 2. The van der Waals surface area contributed by atoms with Crippen LogP contribution in [0.15, 0.2) is 18.2 Å². The fourth-order valence-corrected chi connectivity index (χ4v) is 2.29. The second kappa shape index (κ2) is 6.62. The summed E-state index contributed by atoms with van der Waals surface area (Å²) in [4.78, 5) is 2.38. The SMILES string of the molecule is CCN(c1cc(Cl)ccc1CNC(C)(C)C)C(C)C. The zero-order valence-electron chi connectivity index (χ0n) is 13.0. The van der Waals surface area contributed by atoms with E-state index in [0.29, 0.717) is 6.04 Å². The number of halogens is 1. The molecule has 0 saturated heterocycles. The lowest BCUT2D eigenvalue weighted by atomic mass is 10.1. The number of hydrogen-bond donors (Lipinski definition) is 1. The minimum Gasteiger partial charge on any atom is -0.369 e. The van der Waals surface area contributed by atoms with Crippen LogP contribution in [0, 0.1) is 0 Å². The van der Waals surface area contributed by atoms with Crippen LogP contribution in [0.5, 0.6) is 0 Å². The van der Waals surface area contributed by atoms with E-state index < -0.39 is 0 Å². The van der Waals surface area contributed by atoms with Gasteiger partial charge in [-0.2, -0.15) is 0 Å². The van der Waals surface area contributed by atoms with Crippen molar-refractivity contribution in [1.29, 1.82) is 0 Å². The molecule has 0 bridgehead atoms. The second-order valence-electron chi connectivity index (χ2n) is 6.26. The van der Waals surface area contributed by atoms with Crippen LogP contribution >= 0.6 is 11.6 Å². The van der Waals surface area contributed by atoms with Crippen molar-refractivity contribution in [2.24, 2.45) is 0 Å². The van der Waals surface area contributed by atoms with E-state index in [2.05, 4.69) is 63.9 Å². The van der Waals surface area contributed by atoms with Crippen LogP contribution in [-0.2, 0) is 6.54 Å². The Morgan fingerprint density at radius 3 is 2.37 bits per heavy atom. The first-order chi connectivity index (χ1) is 8.74. The number of anilines is 1. The van der Waals surface area contributed by atoms with E-state index in [1.54, 1.807) is 0 Å². The number of benzene rings is 1. The van der Waals surface area contributed by atoms with Crippen LogP contribution in [0.2, 0.25) is 5.02 Å². The molecular weight excluding hydrogens is 256 g/mol. The monoisotopic (exact) mass is 282 g/mol. The summed E-state index contributed by atoms with van der Waals surface area (Å²) in [7, 11) is 0. The Morgan fingerprint density at radius 1 is 1.26 bits per heavy atom. The smallest absolute Gasteiger partial charge is 0.0429 e. The number of nitrogens with one attached hydrogen (secondary N) is 1. The molecule has 0 heterocycles. The van der Waals surface area contributed by atoms with Gasteiger partial charge in [0.05, 0.1) is 0 Å². The Balaban J connectivity index is 3.03. The van der Waals surface area contributed by atoms with E-state index in [1.807, 2.05) is 6.07 Å². The van der Waals surface area contributed by atoms with E-state index in [-0.39, 0.29) is 5.54 Å². The maximum atomic E-state index is 6.17. The van der Waals surface area contributed by atoms with Crippen LogP contribution in [-0.4, -0.2) is 18.1 Å². The van der Waals surface area contributed by atoms with E-state index in [0.717, 1.165) is 18.1 Å². The topological polar surface area (TPSA) is 15.3 Å². The third-order valence-electron chi connectivity index (χ3n) is 3.13. The number of rotatable bonds is 5. The third-order valence-corrected chi connectivity index (χ3v) is 3.37. The van der Waals surface area contributed by atoms with Gasteiger partial charge >= 0.3 is 0 Å². The van der Waals surface area contributed by atoms with Crippen molar-refractivity contribution in [3.05, 3.63) is 28.8 Å². The largest absolute Gasteiger partial charge is 0.369 e. The summed E-state index contributed by atoms with van der Waals surface area (Å²) >= 11 is 6.17. The van der Waals surface area contributed by atoms with E-state index >= 15 is 0 Å². The molecule has 19 heavy (non-hydrogen) atoms. The summed E-state index contributed by atoms with van der Waals surface area (Å²) in [5, 5.41) is 4.35. The van der Waals surface area contributed by atoms with Crippen LogP contribution in [0.4, 0.5) is 5.69 Å².